The van der Waals surface area contributed by atoms with Crippen molar-refractivity contribution in [2.45, 2.75) is 6.92 Å². The lowest BCUT2D eigenvalue weighted by atomic mass is 10.2. The summed E-state index contributed by atoms with van der Waals surface area (Å²) in [5.74, 6) is 0.677. The average Bonchev–Trinajstić information content (AvgIpc) is 2.92. The molecule has 0 aliphatic rings. The number of furan rings is 1. The minimum Gasteiger partial charge on any atom is -0.461 e. The SMILES string of the molecule is CC(=O)Nc1ccc2oc(-c3ccco3)cc(=O)c2c1. The maximum Gasteiger partial charge on any atom is 0.221 e. The molecule has 5 nitrogen and oxygen atoms in total. The molecule has 100 valence electrons. The summed E-state index contributed by atoms with van der Waals surface area (Å²) in [7, 11) is 0. The standard InChI is InChI=1S/C15H11NO4/c1-9(17)16-10-4-5-13-11(7-10)12(18)8-15(20-13)14-3-2-6-19-14/h2-8H,1H3,(H,16,17). The predicted octanol–water partition coefficient (Wildman–Crippen LogP) is 3.01. The van der Waals surface area contributed by atoms with Gasteiger partial charge in [-0.2, -0.15) is 0 Å². The van der Waals surface area contributed by atoms with E-state index >= 15 is 0 Å². The number of hydrogen-bond acceptors (Lipinski definition) is 4. The summed E-state index contributed by atoms with van der Waals surface area (Å²) in [6.45, 7) is 1.41. The summed E-state index contributed by atoms with van der Waals surface area (Å²) >= 11 is 0. The third-order valence-electron chi connectivity index (χ3n) is 2.81. The van der Waals surface area contributed by atoms with Crippen LogP contribution in [0.15, 0.2) is 56.3 Å². The largest absolute Gasteiger partial charge is 0.461 e. The van der Waals surface area contributed by atoms with Crippen LogP contribution in [0.1, 0.15) is 6.92 Å². The van der Waals surface area contributed by atoms with E-state index in [1.54, 1.807) is 30.3 Å². The third-order valence-corrected chi connectivity index (χ3v) is 2.81. The molecule has 1 amide bonds. The first-order valence-corrected chi connectivity index (χ1v) is 6.03. The van der Waals surface area contributed by atoms with E-state index in [9.17, 15) is 9.59 Å². The highest BCUT2D eigenvalue weighted by Gasteiger charge is 2.09. The van der Waals surface area contributed by atoms with Crippen LogP contribution in [-0.4, -0.2) is 5.91 Å². The molecule has 2 aromatic heterocycles. The van der Waals surface area contributed by atoms with Gasteiger partial charge in [-0.25, -0.2) is 0 Å². The van der Waals surface area contributed by atoms with Crippen LogP contribution in [0, 0.1) is 0 Å². The fourth-order valence-corrected chi connectivity index (χ4v) is 1.98. The Hall–Kier alpha value is -2.82. The molecule has 0 fully saturated rings. The van der Waals surface area contributed by atoms with Crippen LogP contribution in [-0.2, 0) is 4.79 Å². The molecular weight excluding hydrogens is 258 g/mol. The number of benzene rings is 1. The van der Waals surface area contributed by atoms with Gasteiger partial charge in [-0.3, -0.25) is 9.59 Å². The topological polar surface area (TPSA) is 72.5 Å². The Morgan fingerprint density at radius 1 is 1.15 bits per heavy atom. The van der Waals surface area contributed by atoms with Crippen molar-refractivity contribution in [3.05, 3.63) is 52.9 Å². The van der Waals surface area contributed by atoms with Gasteiger partial charge in [0.05, 0.1) is 11.6 Å². The summed E-state index contributed by atoms with van der Waals surface area (Å²) in [6.07, 6.45) is 1.51. The molecule has 1 aromatic carbocycles. The van der Waals surface area contributed by atoms with Gasteiger partial charge in [-0.15, -0.1) is 0 Å². The Labute approximate surface area is 113 Å². The maximum atomic E-state index is 12.1. The van der Waals surface area contributed by atoms with Gasteiger partial charge >= 0.3 is 0 Å². The third kappa shape index (κ3) is 2.21. The van der Waals surface area contributed by atoms with Gasteiger partial charge in [-0.1, -0.05) is 0 Å². The highest BCUT2D eigenvalue weighted by Crippen LogP contribution is 2.24. The van der Waals surface area contributed by atoms with E-state index in [-0.39, 0.29) is 11.3 Å². The molecule has 3 aromatic rings. The van der Waals surface area contributed by atoms with E-state index in [2.05, 4.69) is 5.32 Å². The molecule has 1 N–H and O–H groups in total. The highest BCUT2D eigenvalue weighted by atomic mass is 16.4. The van der Waals surface area contributed by atoms with Gasteiger partial charge in [-0.05, 0) is 30.3 Å². The molecule has 20 heavy (non-hydrogen) atoms. The van der Waals surface area contributed by atoms with Crippen molar-refractivity contribution in [1.82, 2.24) is 0 Å². The first kappa shape index (κ1) is 12.2. The van der Waals surface area contributed by atoms with Gasteiger partial charge in [0.1, 0.15) is 5.58 Å². The zero-order valence-corrected chi connectivity index (χ0v) is 10.7. The lowest BCUT2D eigenvalue weighted by Crippen LogP contribution is -2.07. The number of anilines is 1. The van der Waals surface area contributed by atoms with E-state index in [0.717, 1.165) is 0 Å². The normalized spacial score (nSPS) is 10.7. The summed E-state index contributed by atoms with van der Waals surface area (Å²) in [5, 5.41) is 3.04. The second kappa shape index (κ2) is 4.70. The van der Waals surface area contributed by atoms with Gasteiger partial charge < -0.3 is 14.2 Å². The average molecular weight is 269 g/mol. The van der Waals surface area contributed by atoms with E-state index in [4.69, 9.17) is 8.83 Å². The van der Waals surface area contributed by atoms with Crippen molar-refractivity contribution in [3.63, 3.8) is 0 Å². The second-order valence-electron chi connectivity index (χ2n) is 4.34. The Balaban J connectivity index is 2.14. The maximum absolute atomic E-state index is 12.1. The van der Waals surface area contributed by atoms with E-state index < -0.39 is 0 Å². The fraction of sp³-hybridized carbons (Fsp3) is 0.0667. The van der Waals surface area contributed by atoms with Crippen LogP contribution < -0.4 is 10.7 Å². The predicted molar refractivity (Wildman–Crippen MR) is 74.5 cm³/mol. The Morgan fingerprint density at radius 3 is 2.70 bits per heavy atom. The lowest BCUT2D eigenvalue weighted by Gasteiger charge is -2.04. The molecule has 3 rings (SSSR count). The Kier molecular flexibility index (Phi) is 2.87. The van der Waals surface area contributed by atoms with E-state index in [1.165, 1.54) is 19.3 Å². The molecule has 0 saturated heterocycles. The van der Waals surface area contributed by atoms with Crippen molar-refractivity contribution in [3.8, 4) is 11.5 Å². The van der Waals surface area contributed by atoms with Gasteiger partial charge in [0.2, 0.25) is 5.91 Å². The minimum absolute atomic E-state index is 0.190. The zero-order valence-electron chi connectivity index (χ0n) is 10.7. The van der Waals surface area contributed by atoms with Crippen LogP contribution in [0.5, 0.6) is 0 Å². The summed E-state index contributed by atoms with van der Waals surface area (Å²) < 4.78 is 10.9. The molecule has 0 bridgehead atoms. The number of fused-ring (bicyclic) bond motifs is 1. The fourth-order valence-electron chi connectivity index (χ4n) is 1.98. The monoisotopic (exact) mass is 269 g/mol. The highest BCUT2D eigenvalue weighted by molar-refractivity contribution is 5.92. The summed E-state index contributed by atoms with van der Waals surface area (Å²) in [4.78, 5) is 23.1. The van der Waals surface area contributed by atoms with Crippen molar-refractivity contribution >= 4 is 22.6 Å². The van der Waals surface area contributed by atoms with E-state index in [1.807, 2.05) is 0 Å². The van der Waals surface area contributed by atoms with Crippen molar-refractivity contribution in [2.75, 3.05) is 5.32 Å². The number of hydrogen-bond donors (Lipinski definition) is 1. The van der Waals surface area contributed by atoms with Crippen molar-refractivity contribution in [1.29, 1.82) is 0 Å². The van der Waals surface area contributed by atoms with Gasteiger partial charge in [0.25, 0.3) is 0 Å². The van der Waals surface area contributed by atoms with Crippen LogP contribution in [0.4, 0.5) is 5.69 Å². The Morgan fingerprint density at radius 2 is 2.00 bits per heavy atom. The number of carbonyl (C=O) groups is 1. The van der Waals surface area contributed by atoms with Crippen molar-refractivity contribution in [2.24, 2.45) is 0 Å². The molecule has 0 aliphatic carbocycles. The minimum atomic E-state index is -0.194. The first-order chi connectivity index (χ1) is 9.63. The van der Waals surface area contributed by atoms with Crippen LogP contribution in [0.2, 0.25) is 0 Å². The molecule has 0 saturated carbocycles. The lowest BCUT2D eigenvalue weighted by molar-refractivity contribution is -0.114. The molecule has 0 aliphatic heterocycles. The van der Waals surface area contributed by atoms with Crippen LogP contribution >= 0.6 is 0 Å². The number of rotatable bonds is 2. The Bertz CT molecular complexity index is 831. The summed E-state index contributed by atoms with van der Waals surface area (Å²) in [6, 6.07) is 9.73. The van der Waals surface area contributed by atoms with Crippen LogP contribution in [0.3, 0.4) is 0 Å². The molecular formula is C15H11NO4. The molecule has 0 radical (unpaired) electrons. The number of amides is 1. The number of carbonyl (C=O) groups excluding carboxylic acids is 1. The van der Waals surface area contributed by atoms with Crippen molar-refractivity contribution < 1.29 is 13.6 Å². The summed E-state index contributed by atoms with van der Waals surface area (Å²) in [5.41, 5.74) is 0.811. The first-order valence-electron chi connectivity index (χ1n) is 6.03. The molecule has 0 spiro atoms. The second-order valence-corrected chi connectivity index (χ2v) is 4.34. The molecule has 5 heteroatoms. The van der Waals surface area contributed by atoms with E-state index in [0.29, 0.717) is 28.2 Å². The smallest absolute Gasteiger partial charge is 0.221 e. The number of nitrogens with one attached hydrogen (secondary N) is 1. The van der Waals surface area contributed by atoms with Crippen LogP contribution in [0.25, 0.3) is 22.5 Å². The quantitative estimate of drug-likeness (QED) is 0.776. The van der Waals surface area contributed by atoms with Gasteiger partial charge in [0, 0.05) is 18.7 Å². The van der Waals surface area contributed by atoms with Gasteiger partial charge in [0.15, 0.2) is 16.9 Å². The zero-order chi connectivity index (χ0) is 14.1. The molecule has 0 atom stereocenters. The molecule has 2 heterocycles. The molecule has 0 unspecified atom stereocenters.